The van der Waals surface area contributed by atoms with Crippen molar-refractivity contribution in [2.45, 2.75) is 0 Å². The van der Waals surface area contributed by atoms with Gasteiger partial charge < -0.3 is 13.6 Å². The number of benzene rings is 6. The van der Waals surface area contributed by atoms with E-state index in [4.69, 9.17) is 4.42 Å². The fourth-order valence-corrected chi connectivity index (χ4v) is 6.90. The number of fused-ring (bicyclic) bond motifs is 9. The van der Waals surface area contributed by atoms with Crippen molar-refractivity contribution >= 4 is 65.6 Å². The summed E-state index contributed by atoms with van der Waals surface area (Å²) in [7, 11) is 0. The van der Waals surface area contributed by atoms with E-state index in [1.54, 1.807) is 0 Å². The molecule has 206 valence electrons. The Hall–Kier alpha value is -6.81. The largest absolute Gasteiger partial charge is 0.454 e. The fourth-order valence-electron chi connectivity index (χ4n) is 6.90. The summed E-state index contributed by atoms with van der Waals surface area (Å²) in [5.74, 6) is 0. The number of para-hydroxylation sites is 2. The number of furan rings is 1. The van der Waals surface area contributed by atoms with Crippen LogP contribution in [0.5, 0.6) is 0 Å². The third-order valence-electron chi connectivity index (χ3n) is 8.79. The van der Waals surface area contributed by atoms with E-state index in [1.807, 2.05) is 78.9 Å². The lowest BCUT2D eigenvalue weighted by atomic mass is 10.1. The minimum Gasteiger partial charge on any atom is -0.454 e. The molecule has 0 aliphatic rings. The summed E-state index contributed by atoms with van der Waals surface area (Å²) in [6, 6.07) is 44.5. The second-order valence-corrected chi connectivity index (χ2v) is 11.1. The molecule has 0 atom stereocenters. The first-order valence-corrected chi connectivity index (χ1v) is 14.5. The van der Waals surface area contributed by atoms with Crippen molar-refractivity contribution in [2.75, 3.05) is 0 Å². The zero-order valence-electron chi connectivity index (χ0n) is 23.6. The first-order valence-electron chi connectivity index (χ1n) is 14.5. The van der Waals surface area contributed by atoms with Gasteiger partial charge in [-0.2, -0.15) is 15.8 Å². The molecule has 3 aromatic heterocycles. The highest BCUT2D eigenvalue weighted by atomic mass is 16.3. The molecular formula is C39H19N5O. The second-order valence-electron chi connectivity index (χ2n) is 11.1. The molecule has 0 aliphatic heterocycles. The lowest BCUT2D eigenvalue weighted by molar-refractivity contribution is 0.666. The van der Waals surface area contributed by atoms with E-state index in [-0.39, 0.29) is 0 Å². The van der Waals surface area contributed by atoms with Gasteiger partial charge in [-0.05, 0) is 78.9 Å². The van der Waals surface area contributed by atoms with Crippen LogP contribution in [0.25, 0.3) is 76.9 Å². The number of hydrogen-bond donors (Lipinski definition) is 0. The summed E-state index contributed by atoms with van der Waals surface area (Å²) in [5, 5.41) is 34.7. The first-order chi connectivity index (χ1) is 22.2. The molecular weight excluding hydrogens is 554 g/mol. The van der Waals surface area contributed by atoms with Gasteiger partial charge in [-0.25, -0.2) is 0 Å². The van der Waals surface area contributed by atoms with Gasteiger partial charge in [0.05, 0.1) is 73.7 Å². The van der Waals surface area contributed by atoms with Crippen molar-refractivity contribution in [1.29, 1.82) is 15.8 Å². The van der Waals surface area contributed by atoms with Gasteiger partial charge in [-0.3, -0.25) is 0 Å². The number of nitriles is 3. The molecule has 6 nitrogen and oxygen atoms in total. The highest BCUT2D eigenvalue weighted by molar-refractivity contribution is 6.17. The van der Waals surface area contributed by atoms with Crippen molar-refractivity contribution in [3.63, 3.8) is 0 Å². The second kappa shape index (κ2) is 9.09. The van der Waals surface area contributed by atoms with Crippen LogP contribution in [0.4, 0.5) is 0 Å². The molecule has 0 aliphatic carbocycles. The van der Waals surface area contributed by atoms with Crippen molar-refractivity contribution < 1.29 is 4.42 Å². The average molecular weight is 574 g/mol. The molecule has 45 heavy (non-hydrogen) atoms. The van der Waals surface area contributed by atoms with Crippen LogP contribution in [0.3, 0.4) is 0 Å². The Morgan fingerprint density at radius 3 is 1.56 bits per heavy atom. The molecule has 0 bridgehead atoms. The molecule has 9 rings (SSSR count). The van der Waals surface area contributed by atoms with Crippen LogP contribution in [0, 0.1) is 34.0 Å². The van der Waals surface area contributed by atoms with Gasteiger partial charge in [0.2, 0.25) is 0 Å². The first kappa shape index (κ1) is 24.8. The van der Waals surface area contributed by atoms with E-state index in [2.05, 4.69) is 63.7 Å². The van der Waals surface area contributed by atoms with Crippen molar-refractivity contribution in [3.05, 3.63) is 132 Å². The molecule has 0 N–H and O–H groups in total. The molecule has 0 unspecified atom stereocenters. The Morgan fingerprint density at radius 2 is 0.933 bits per heavy atom. The molecule has 9 aromatic rings. The van der Waals surface area contributed by atoms with Crippen molar-refractivity contribution in [2.24, 2.45) is 0 Å². The molecule has 0 saturated heterocycles. The smallest absolute Gasteiger partial charge is 0.159 e. The third kappa shape index (κ3) is 3.35. The Labute approximate surface area is 256 Å². The van der Waals surface area contributed by atoms with Crippen LogP contribution in [-0.4, -0.2) is 9.13 Å². The van der Waals surface area contributed by atoms with Crippen LogP contribution < -0.4 is 0 Å². The molecule has 0 amide bonds. The molecule has 0 radical (unpaired) electrons. The molecule has 0 fully saturated rings. The fraction of sp³-hybridized carbons (Fsp3) is 0. The predicted molar refractivity (Wildman–Crippen MR) is 177 cm³/mol. The Bertz CT molecular complexity index is 2790. The maximum absolute atomic E-state index is 9.65. The number of rotatable bonds is 2. The summed E-state index contributed by atoms with van der Waals surface area (Å²) in [4.78, 5) is 0. The van der Waals surface area contributed by atoms with Crippen LogP contribution in [0.15, 0.2) is 120 Å². The molecule has 6 heteroatoms. The van der Waals surface area contributed by atoms with Gasteiger partial charge in [-0.1, -0.05) is 36.4 Å². The van der Waals surface area contributed by atoms with Crippen molar-refractivity contribution in [1.82, 2.24) is 9.13 Å². The monoisotopic (exact) mass is 573 g/mol. The van der Waals surface area contributed by atoms with Crippen molar-refractivity contribution in [3.8, 4) is 29.6 Å². The summed E-state index contributed by atoms with van der Waals surface area (Å²) in [6.07, 6.45) is 0. The summed E-state index contributed by atoms with van der Waals surface area (Å²) >= 11 is 0. The SMILES string of the molecule is N#Cc1ccc2c(c1)c1ccccc1n2-c1cccc2c1oc1cccc(-n3c4ccc(C#N)cc4c4cc(C#N)ccc43)c12. The quantitative estimate of drug-likeness (QED) is 0.206. The number of nitrogens with zero attached hydrogens (tertiary/aromatic N) is 5. The maximum Gasteiger partial charge on any atom is 0.159 e. The lowest BCUT2D eigenvalue weighted by Gasteiger charge is -2.10. The van der Waals surface area contributed by atoms with Gasteiger partial charge in [-0.15, -0.1) is 0 Å². The number of aromatic nitrogens is 2. The topological polar surface area (TPSA) is 94.4 Å². The molecule has 0 saturated carbocycles. The standard InChI is InChI=1S/C39H19N5O/c40-20-23-11-14-32-28(17-23)26-5-1-2-7-31(26)44(32)36-9-3-6-27-38-35(8-4-10-37(38)45-39(27)36)43-33-15-12-24(21-41)18-29(33)30-19-25(22-42)13-16-34(30)43/h1-19H. The van der Waals surface area contributed by atoms with Crippen LogP contribution in [0.1, 0.15) is 16.7 Å². The van der Waals surface area contributed by atoms with Crippen LogP contribution in [-0.2, 0) is 0 Å². The summed E-state index contributed by atoms with van der Waals surface area (Å²) in [6.45, 7) is 0. The van der Waals surface area contributed by atoms with E-state index in [0.717, 1.165) is 76.9 Å². The molecule has 3 heterocycles. The van der Waals surface area contributed by atoms with Gasteiger partial charge in [0.25, 0.3) is 0 Å². The van der Waals surface area contributed by atoms with Gasteiger partial charge >= 0.3 is 0 Å². The maximum atomic E-state index is 9.65. The van der Waals surface area contributed by atoms with E-state index in [9.17, 15) is 15.8 Å². The Morgan fingerprint density at radius 1 is 0.444 bits per heavy atom. The van der Waals surface area contributed by atoms with Crippen LogP contribution in [0.2, 0.25) is 0 Å². The van der Waals surface area contributed by atoms with Gasteiger partial charge in [0.15, 0.2) is 5.58 Å². The van der Waals surface area contributed by atoms with E-state index < -0.39 is 0 Å². The van der Waals surface area contributed by atoms with E-state index in [0.29, 0.717) is 16.7 Å². The average Bonchev–Trinajstić information content (AvgIpc) is 3.75. The minimum atomic E-state index is 0.564. The van der Waals surface area contributed by atoms with Gasteiger partial charge in [0, 0.05) is 26.9 Å². The summed E-state index contributed by atoms with van der Waals surface area (Å²) in [5.41, 5.74) is 9.00. The minimum absolute atomic E-state index is 0.564. The number of hydrogen-bond acceptors (Lipinski definition) is 4. The zero-order valence-corrected chi connectivity index (χ0v) is 23.6. The zero-order chi connectivity index (χ0) is 30.2. The molecule has 6 aromatic carbocycles. The van der Waals surface area contributed by atoms with Gasteiger partial charge in [0.1, 0.15) is 5.58 Å². The Balaban J connectivity index is 1.39. The predicted octanol–water partition coefficient (Wildman–Crippen LogP) is 9.40. The molecule has 0 spiro atoms. The third-order valence-corrected chi connectivity index (χ3v) is 8.79. The van der Waals surface area contributed by atoms with E-state index in [1.165, 1.54) is 0 Å². The van der Waals surface area contributed by atoms with E-state index >= 15 is 0 Å². The lowest BCUT2D eigenvalue weighted by Crippen LogP contribution is -1.95. The van der Waals surface area contributed by atoms with Crippen LogP contribution >= 0.6 is 0 Å². The Kier molecular flexibility index (Phi) is 5.00. The normalized spacial score (nSPS) is 11.5. The highest BCUT2D eigenvalue weighted by Gasteiger charge is 2.21. The highest BCUT2D eigenvalue weighted by Crippen LogP contribution is 2.42. The summed E-state index contributed by atoms with van der Waals surface area (Å²) < 4.78 is 11.1.